The number of halogens is 1. The van der Waals surface area contributed by atoms with Crippen LogP contribution in [0.2, 0.25) is 5.02 Å². The van der Waals surface area contributed by atoms with Gasteiger partial charge in [0.2, 0.25) is 0 Å². The number of benzene rings is 1. The Morgan fingerprint density at radius 3 is 2.53 bits per heavy atom. The summed E-state index contributed by atoms with van der Waals surface area (Å²) in [5, 5.41) is 10.9. The molecule has 0 saturated heterocycles. The van der Waals surface area contributed by atoms with Gasteiger partial charge in [-0.3, -0.25) is 10.1 Å². The van der Waals surface area contributed by atoms with Crippen LogP contribution in [0.4, 0.5) is 5.69 Å². The predicted octanol–water partition coefficient (Wildman–Crippen LogP) is 2.53. The first kappa shape index (κ1) is 11.9. The van der Waals surface area contributed by atoms with Gasteiger partial charge in [0.1, 0.15) is 0 Å². The van der Waals surface area contributed by atoms with Crippen LogP contribution in [0.15, 0.2) is 18.2 Å². The molecule has 4 nitrogen and oxygen atoms in total. The van der Waals surface area contributed by atoms with E-state index in [0.29, 0.717) is 11.4 Å². The van der Waals surface area contributed by atoms with Crippen LogP contribution in [0.5, 0.6) is 0 Å². The number of rotatable bonds is 3. The third-order valence-corrected chi connectivity index (χ3v) is 2.25. The van der Waals surface area contributed by atoms with E-state index in [4.69, 9.17) is 17.3 Å². The van der Waals surface area contributed by atoms with Crippen molar-refractivity contribution >= 4 is 17.3 Å². The Labute approximate surface area is 93.2 Å². The molecule has 0 aromatic heterocycles. The van der Waals surface area contributed by atoms with Crippen LogP contribution >= 0.6 is 11.6 Å². The van der Waals surface area contributed by atoms with E-state index in [-0.39, 0.29) is 11.2 Å². The zero-order valence-corrected chi connectivity index (χ0v) is 9.41. The topological polar surface area (TPSA) is 69.2 Å². The highest BCUT2D eigenvalue weighted by atomic mass is 35.5. The first-order valence-electron chi connectivity index (χ1n) is 4.51. The van der Waals surface area contributed by atoms with Crippen molar-refractivity contribution in [1.29, 1.82) is 0 Å². The fraction of sp³-hybridized carbons (Fsp3) is 0.400. The molecular weight excluding hydrogens is 216 g/mol. The number of nitrogens with two attached hydrogens (primary N) is 1. The number of nitro groups is 1. The van der Waals surface area contributed by atoms with E-state index in [1.165, 1.54) is 12.1 Å². The molecule has 5 heteroatoms. The van der Waals surface area contributed by atoms with Crippen LogP contribution in [-0.2, 0) is 6.42 Å². The molecule has 0 unspecified atom stereocenters. The SMILES string of the molecule is CC(C)(N)Cc1ccc([N+](=O)[O-])cc1Cl. The normalized spacial score (nSPS) is 11.5. The molecule has 0 bridgehead atoms. The summed E-state index contributed by atoms with van der Waals surface area (Å²) in [7, 11) is 0. The highest BCUT2D eigenvalue weighted by Crippen LogP contribution is 2.24. The van der Waals surface area contributed by atoms with Crippen LogP contribution in [0.1, 0.15) is 19.4 Å². The number of hydrogen-bond donors (Lipinski definition) is 1. The molecule has 0 atom stereocenters. The Morgan fingerprint density at radius 2 is 2.13 bits per heavy atom. The first-order valence-corrected chi connectivity index (χ1v) is 4.89. The van der Waals surface area contributed by atoms with Gasteiger partial charge in [-0.05, 0) is 25.8 Å². The maximum atomic E-state index is 10.5. The minimum Gasteiger partial charge on any atom is -0.325 e. The van der Waals surface area contributed by atoms with E-state index in [0.717, 1.165) is 5.56 Å². The van der Waals surface area contributed by atoms with Gasteiger partial charge in [0, 0.05) is 17.7 Å². The van der Waals surface area contributed by atoms with Crippen LogP contribution in [0, 0.1) is 10.1 Å². The fourth-order valence-electron chi connectivity index (χ4n) is 1.28. The van der Waals surface area contributed by atoms with Gasteiger partial charge in [-0.2, -0.15) is 0 Å². The van der Waals surface area contributed by atoms with Gasteiger partial charge in [0.15, 0.2) is 0 Å². The Kier molecular flexibility index (Phi) is 3.31. The van der Waals surface area contributed by atoms with Crippen LogP contribution < -0.4 is 5.73 Å². The van der Waals surface area contributed by atoms with E-state index < -0.39 is 4.92 Å². The summed E-state index contributed by atoms with van der Waals surface area (Å²) < 4.78 is 0. The van der Waals surface area contributed by atoms with E-state index in [2.05, 4.69) is 0 Å². The lowest BCUT2D eigenvalue weighted by Gasteiger charge is -2.18. The molecule has 0 fully saturated rings. The van der Waals surface area contributed by atoms with Crippen molar-refractivity contribution in [3.8, 4) is 0 Å². The lowest BCUT2D eigenvalue weighted by molar-refractivity contribution is -0.384. The number of nitro benzene ring substituents is 1. The molecule has 0 aliphatic carbocycles. The summed E-state index contributed by atoms with van der Waals surface area (Å²) in [6, 6.07) is 4.44. The monoisotopic (exact) mass is 228 g/mol. The molecular formula is C10H13ClN2O2. The van der Waals surface area contributed by atoms with E-state index in [1.54, 1.807) is 6.07 Å². The minimum absolute atomic E-state index is 0.00132. The molecule has 2 N–H and O–H groups in total. The summed E-state index contributed by atoms with van der Waals surface area (Å²) >= 11 is 5.92. The zero-order chi connectivity index (χ0) is 11.6. The highest BCUT2D eigenvalue weighted by Gasteiger charge is 2.16. The smallest absolute Gasteiger partial charge is 0.270 e. The molecule has 15 heavy (non-hydrogen) atoms. The molecule has 0 spiro atoms. The summed E-state index contributed by atoms with van der Waals surface area (Å²) in [4.78, 5) is 10.0. The van der Waals surface area contributed by atoms with E-state index >= 15 is 0 Å². The quantitative estimate of drug-likeness (QED) is 0.639. The second kappa shape index (κ2) is 4.16. The number of nitrogens with zero attached hydrogens (tertiary/aromatic N) is 1. The van der Waals surface area contributed by atoms with Crippen LogP contribution in [0.3, 0.4) is 0 Å². The van der Waals surface area contributed by atoms with Gasteiger partial charge in [-0.15, -0.1) is 0 Å². The standard InChI is InChI=1S/C10H13ClN2O2/c1-10(2,12)6-7-3-4-8(13(14)15)5-9(7)11/h3-5H,6,12H2,1-2H3. The summed E-state index contributed by atoms with van der Waals surface area (Å²) in [6.45, 7) is 3.76. The number of hydrogen-bond acceptors (Lipinski definition) is 3. The van der Waals surface area contributed by atoms with E-state index in [1.807, 2.05) is 13.8 Å². The molecule has 0 radical (unpaired) electrons. The minimum atomic E-state index is -0.469. The molecule has 0 saturated carbocycles. The Hall–Kier alpha value is -1.13. The van der Waals surface area contributed by atoms with Gasteiger partial charge >= 0.3 is 0 Å². The van der Waals surface area contributed by atoms with Crippen molar-refractivity contribution in [2.75, 3.05) is 0 Å². The maximum absolute atomic E-state index is 10.5. The average molecular weight is 229 g/mol. The molecule has 0 heterocycles. The lowest BCUT2D eigenvalue weighted by atomic mass is 9.96. The molecule has 1 aromatic carbocycles. The molecule has 0 aliphatic heterocycles. The van der Waals surface area contributed by atoms with Gasteiger partial charge in [-0.1, -0.05) is 17.7 Å². The van der Waals surface area contributed by atoms with Gasteiger partial charge in [0.25, 0.3) is 5.69 Å². The Balaban J connectivity index is 2.99. The summed E-state index contributed by atoms with van der Waals surface area (Å²) in [5.74, 6) is 0. The molecule has 0 amide bonds. The second-order valence-corrected chi connectivity index (χ2v) is 4.61. The predicted molar refractivity (Wildman–Crippen MR) is 60.1 cm³/mol. The van der Waals surface area contributed by atoms with Gasteiger partial charge < -0.3 is 5.73 Å². The van der Waals surface area contributed by atoms with Crippen molar-refractivity contribution in [2.24, 2.45) is 5.73 Å². The largest absolute Gasteiger partial charge is 0.325 e. The average Bonchev–Trinajstić information content (AvgIpc) is 2.05. The van der Waals surface area contributed by atoms with Crippen LogP contribution in [0.25, 0.3) is 0 Å². The third kappa shape index (κ3) is 3.49. The maximum Gasteiger partial charge on any atom is 0.270 e. The molecule has 0 aliphatic rings. The van der Waals surface area contributed by atoms with E-state index in [9.17, 15) is 10.1 Å². The second-order valence-electron chi connectivity index (χ2n) is 4.20. The Bertz CT molecular complexity index is 385. The third-order valence-electron chi connectivity index (χ3n) is 1.89. The van der Waals surface area contributed by atoms with Crippen LogP contribution in [-0.4, -0.2) is 10.5 Å². The van der Waals surface area contributed by atoms with Crippen molar-refractivity contribution < 1.29 is 4.92 Å². The van der Waals surface area contributed by atoms with Crippen molar-refractivity contribution in [1.82, 2.24) is 0 Å². The van der Waals surface area contributed by atoms with Crippen molar-refractivity contribution in [2.45, 2.75) is 25.8 Å². The Morgan fingerprint density at radius 1 is 1.53 bits per heavy atom. The lowest BCUT2D eigenvalue weighted by Crippen LogP contribution is -2.34. The molecule has 82 valence electrons. The van der Waals surface area contributed by atoms with Gasteiger partial charge in [0.05, 0.1) is 9.95 Å². The molecule has 1 aromatic rings. The fourth-order valence-corrected chi connectivity index (χ4v) is 1.53. The van der Waals surface area contributed by atoms with Gasteiger partial charge in [-0.25, -0.2) is 0 Å². The van der Waals surface area contributed by atoms with Crippen molar-refractivity contribution in [3.63, 3.8) is 0 Å². The highest BCUT2D eigenvalue weighted by molar-refractivity contribution is 6.31. The molecule has 1 rings (SSSR count). The number of non-ortho nitro benzene ring substituents is 1. The van der Waals surface area contributed by atoms with Crippen molar-refractivity contribution in [3.05, 3.63) is 38.9 Å². The first-order chi connectivity index (χ1) is 6.79. The zero-order valence-electron chi connectivity index (χ0n) is 8.66. The summed E-state index contributed by atoms with van der Waals surface area (Å²) in [6.07, 6.45) is 0.587. The summed E-state index contributed by atoms with van der Waals surface area (Å²) in [5.41, 5.74) is 6.29.